The normalized spacial score (nSPS) is 31.4. The summed E-state index contributed by atoms with van der Waals surface area (Å²) in [5.74, 6) is 0.558. The molecule has 82 valence electrons. The molecule has 0 amide bonds. The predicted octanol–water partition coefficient (Wildman–Crippen LogP) is 1.69. The lowest BCUT2D eigenvalue weighted by Gasteiger charge is -2.35. The van der Waals surface area contributed by atoms with Crippen LogP contribution in [0.1, 0.15) is 27.2 Å². The van der Waals surface area contributed by atoms with E-state index in [0.29, 0.717) is 12.5 Å². The standard InChI is InChI=1S/C11H21NO2/c1-8-4-5-12(6-9(8)2)7-10(3)11(13)14/h8-10H,4-7H2,1-3H3,(H,13,14). The number of rotatable bonds is 3. The summed E-state index contributed by atoms with van der Waals surface area (Å²) in [6.45, 7) is 9.13. The molecule has 0 aliphatic carbocycles. The third kappa shape index (κ3) is 2.98. The van der Waals surface area contributed by atoms with E-state index in [-0.39, 0.29) is 5.92 Å². The van der Waals surface area contributed by atoms with E-state index >= 15 is 0 Å². The molecule has 0 bridgehead atoms. The monoisotopic (exact) mass is 199 g/mol. The van der Waals surface area contributed by atoms with Crippen molar-refractivity contribution in [2.75, 3.05) is 19.6 Å². The first-order valence-electron chi connectivity index (χ1n) is 5.46. The van der Waals surface area contributed by atoms with Crippen molar-refractivity contribution in [2.24, 2.45) is 17.8 Å². The van der Waals surface area contributed by atoms with Crippen molar-refractivity contribution >= 4 is 5.97 Å². The molecular formula is C11H21NO2. The number of piperidine rings is 1. The van der Waals surface area contributed by atoms with Gasteiger partial charge in [-0.2, -0.15) is 0 Å². The number of carbonyl (C=O) groups is 1. The molecule has 3 atom stereocenters. The fourth-order valence-corrected chi connectivity index (χ4v) is 1.98. The number of hydrogen-bond donors (Lipinski definition) is 1. The van der Waals surface area contributed by atoms with Crippen LogP contribution in [0.25, 0.3) is 0 Å². The van der Waals surface area contributed by atoms with Gasteiger partial charge in [-0.3, -0.25) is 4.79 Å². The Morgan fingerprint density at radius 3 is 2.64 bits per heavy atom. The van der Waals surface area contributed by atoms with E-state index in [2.05, 4.69) is 18.7 Å². The molecule has 0 spiro atoms. The van der Waals surface area contributed by atoms with Crippen LogP contribution in [0, 0.1) is 17.8 Å². The van der Waals surface area contributed by atoms with Gasteiger partial charge in [-0.1, -0.05) is 20.8 Å². The van der Waals surface area contributed by atoms with Crippen LogP contribution in [-0.2, 0) is 4.79 Å². The number of likely N-dealkylation sites (tertiary alicyclic amines) is 1. The van der Waals surface area contributed by atoms with E-state index in [1.165, 1.54) is 6.42 Å². The molecule has 1 aliphatic heterocycles. The van der Waals surface area contributed by atoms with Crippen molar-refractivity contribution in [1.29, 1.82) is 0 Å². The van der Waals surface area contributed by atoms with Crippen LogP contribution in [0.15, 0.2) is 0 Å². The Morgan fingerprint density at radius 1 is 1.50 bits per heavy atom. The quantitative estimate of drug-likeness (QED) is 0.752. The Hall–Kier alpha value is -0.570. The maximum Gasteiger partial charge on any atom is 0.307 e. The van der Waals surface area contributed by atoms with Gasteiger partial charge in [0.1, 0.15) is 0 Å². The summed E-state index contributed by atoms with van der Waals surface area (Å²) in [7, 11) is 0. The summed E-state index contributed by atoms with van der Waals surface area (Å²) in [6, 6.07) is 0. The van der Waals surface area contributed by atoms with Crippen molar-refractivity contribution in [3.63, 3.8) is 0 Å². The van der Waals surface area contributed by atoms with Gasteiger partial charge in [0.25, 0.3) is 0 Å². The highest BCUT2D eigenvalue weighted by Crippen LogP contribution is 2.22. The smallest absolute Gasteiger partial charge is 0.307 e. The summed E-state index contributed by atoms with van der Waals surface area (Å²) >= 11 is 0. The van der Waals surface area contributed by atoms with Crippen LogP contribution in [-0.4, -0.2) is 35.6 Å². The van der Waals surface area contributed by atoms with Crippen molar-refractivity contribution in [1.82, 2.24) is 4.90 Å². The molecule has 14 heavy (non-hydrogen) atoms. The van der Waals surface area contributed by atoms with Gasteiger partial charge in [0.2, 0.25) is 0 Å². The minimum absolute atomic E-state index is 0.240. The topological polar surface area (TPSA) is 40.5 Å². The Kier molecular flexibility index (Phi) is 3.93. The first-order chi connectivity index (χ1) is 6.50. The van der Waals surface area contributed by atoms with Gasteiger partial charge in [0.15, 0.2) is 0 Å². The molecule has 3 nitrogen and oxygen atoms in total. The first kappa shape index (κ1) is 11.5. The second-order valence-electron chi connectivity index (χ2n) is 4.74. The van der Waals surface area contributed by atoms with Crippen molar-refractivity contribution in [3.05, 3.63) is 0 Å². The maximum atomic E-state index is 10.7. The van der Waals surface area contributed by atoms with Gasteiger partial charge in [0, 0.05) is 13.1 Å². The predicted molar refractivity (Wildman–Crippen MR) is 56.2 cm³/mol. The van der Waals surface area contributed by atoms with E-state index in [0.717, 1.165) is 19.0 Å². The molecular weight excluding hydrogens is 178 g/mol. The average Bonchev–Trinajstić information content (AvgIpc) is 2.11. The molecule has 3 heteroatoms. The zero-order valence-corrected chi connectivity index (χ0v) is 9.36. The summed E-state index contributed by atoms with van der Waals surface area (Å²) < 4.78 is 0. The fourth-order valence-electron chi connectivity index (χ4n) is 1.98. The number of nitrogens with zero attached hydrogens (tertiary/aromatic N) is 1. The number of hydrogen-bond acceptors (Lipinski definition) is 2. The Morgan fingerprint density at radius 2 is 2.14 bits per heavy atom. The third-order valence-corrected chi connectivity index (χ3v) is 3.37. The molecule has 1 fully saturated rings. The highest BCUT2D eigenvalue weighted by atomic mass is 16.4. The van der Waals surface area contributed by atoms with Crippen LogP contribution in [0.2, 0.25) is 0 Å². The largest absolute Gasteiger partial charge is 0.481 e. The first-order valence-corrected chi connectivity index (χ1v) is 5.46. The Balaban J connectivity index is 2.36. The van der Waals surface area contributed by atoms with Crippen LogP contribution >= 0.6 is 0 Å². The van der Waals surface area contributed by atoms with Crippen molar-refractivity contribution in [2.45, 2.75) is 27.2 Å². The van der Waals surface area contributed by atoms with Crippen molar-refractivity contribution < 1.29 is 9.90 Å². The summed E-state index contributed by atoms with van der Waals surface area (Å²) in [5, 5.41) is 8.80. The lowest BCUT2D eigenvalue weighted by molar-refractivity contribution is -0.141. The van der Waals surface area contributed by atoms with Gasteiger partial charge < -0.3 is 10.0 Å². The minimum Gasteiger partial charge on any atom is -0.481 e. The number of aliphatic carboxylic acids is 1. The summed E-state index contributed by atoms with van der Waals surface area (Å²) in [6.07, 6.45) is 1.20. The highest BCUT2D eigenvalue weighted by molar-refractivity contribution is 5.69. The molecule has 1 saturated heterocycles. The molecule has 0 radical (unpaired) electrons. The highest BCUT2D eigenvalue weighted by Gasteiger charge is 2.24. The van der Waals surface area contributed by atoms with Gasteiger partial charge in [0.05, 0.1) is 5.92 Å². The molecule has 1 N–H and O–H groups in total. The molecule has 0 saturated carbocycles. The van der Waals surface area contributed by atoms with Gasteiger partial charge >= 0.3 is 5.97 Å². The molecule has 3 unspecified atom stereocenters. The molecule has 1 rings (SSSR count). The van der Waals surface area contributed by atoms with Crippen LogP contribution in [0.4, 0.5) is 0 Å². The molecule has 0 aromatic heterocycles. The zero-order chi connectivity index (χ0) is 10.7. The van der Waals surface area contributed by atoms with Gasteiger partial charge in [-0.15, -0.1) is 0 Å². The minimum atomic E-state index is -0.684. The van der Waals surface area contributed by atoms with Gasteiger partial charge in [-0.25, -0.2) is 0 Å². The summed E-state index contributed by atoms with van der Waals surface area (Å²) in [5.41, 5.74) is 0. The van der Waals surface area contributed by atoms with Crippen LogP contribution in [0.5, 0.6) is 0 Å². The number of carboxylic acids is 1. The van der Waals surface area contributed by atoms with E-state index in [4.69, 9.17) is 5.11 Å². The van der Waals surface area contributed by atoms with E-state index in [9.17, 15) is 4.79 Å². The number of carboxylic acid groups (broad SMARTS) is 1. The zero-order valence-electron chi connectivity index (χ0n) is 9.36. The molecule has 1 aliphatic rings. The van der Waals surface area contributed by atoms with E-state index < -0.39 is 5.97 Å². The second-order valence-corrected chi connectivity index (χ2v) is 4.74. The third-order valence-electron chi connectivity index (χ3n) is 3.37. The SMILES string of the molecule is CC(CN1CCC(C)C(C)C1)C(=O)O. The Labute approximate surface area is 86.1 Å². The van der Waals surface area contributed by atoms with E-state index in [1.807, 2.05) is 0 Å². The molecule has 0 aromatic carbocycles. The molecule has 0 aromatic rings. The van der Waals surface area contributed by atoms with Gasteiger partial charge in [-0.05, 0) is 24.8 Å². The lowest BCUT2D eigenvalue weighted by atomic mass is 9.88. The second kappa shape index (κ2) is 4.78. The average molecular weight is 199 g/mol. The van der Waals surface area contributed by atoms with E-state index in [1.54, 1.807) is 6.92 Å². The lowest BCUT2D eigenvalue weighted by Crippen LogP contribution is -2.41. The Bertz CT molecular complexity index is 205. The van der Waals surface area contributed by atoms with Crippen molar-refractivity contribution in [3.8, 4) is 0 Å². The molecule has 1 heterocycles. The van der Waals surface area contributed by atoms with Crippen LogP contribution in [0.3, 0.4) is 0 Å². The van der Waals surface area contributed by atoms with Crippen LogP contribution < -0.4 is 0 Å². The maximum absolute atomic E-state index is 10.7. The fraction of sp³-hybridized carbons (Fsp3) is 0.909. The summed E-state index contributed by atoms with van der Waals surface area (Å²) in [4.78, 5) is 13.0.